The highest BCUT2D eigenvalue weighted by molar-refractivity contribution is 5.61. The lowest BCUT2D eigenvalue weighted by Gasteiger charge is -2.09. The molecule has 0 bridgehead atoms. The second-order valence-electron chi connectivity index (χ2n) is 6.44. The molecule has 0 saturated carbocycles. The summed E-state index contributed by atoms with van der Waals surface area (Å²) in [6.45, 7) is 1.60. The van der Waals surface area contributed by atoms with Crippen molar-refractivity contribution in [3.05, 3.63) is 59.2 Å². The molecule has 0 saturated heterocycles. The first-order valence-corrected chi connectivity index (χ1v) is 8.54. The summed E-state index contributed by atoms with van der Waals surface area (Å²) < 4.78 is 7.28. The molecular formula is C19H22N4O. The van der Waals surface area contributed by atoms with Crippen molar-refractivity contribution in [1.29, 1.82) is 0 Å². The van der Waals surface area contributed by atoms with E-state index >= 15 is 0 Å². The number of hydrogen-bond donors (Lipinski definition) is 1. The molecule has 0 spiro atoms. The summed E-state index contributed by atoms with van der Waals surface area (Å²) >= 11 is 0. The monoisotopic (exact) mass is 322 g/mol. The van der Waals surface area contributed by atoms with Crippen molar-refractivity contribution in [2.75, 3.05) is 0 Å². The van der Waals surface area contributed by atoms with Crippen molar-refractivity contribution in [2.24, 2.45) is 7.05 Å². The molecule has 1 aliphatic rings. The second-order valence-corrected chi connectivity index (χ2v) is 6.44. The molecular weight excluding hydrogens is 300 g/mol. The van der Waals surface area contributed by atoms with Gasteiger partial charge in [-0.25, -0.2) is 0 Å². The number of rotatable bonds is 5. The summed E-state index contributed by atoms with van der Waals surface area (Å²) in [5.74, 6) is 1.10. The molecule has 1 N–H and O–H groups in total. The van der Waals surface area contributed by atoms with Gasteiger partial charge in [-0.05, 0) is 30.4 Å². The van der Waals surface area contributed by atoms with Crippen molar-refractivity contribution < 1.29 is 4.52 Å². The Hall–Kier alpha value is -2.40. The summed E-state index contributed by atoms with van der Waals surface area (Å²) in [5, 5.41) is 11.9. The number of nitrogens with one attached hydrogen (secondary N) is 1. The maximum absolute atomic E-state index is 5.46. The number of aryl methyl sites for hydroxylation is 2. The summed E-state index contributed by atoms with van der Waals surface area (Å²) in [6.07, 6.45) is 8.53. The van der Waals surface area contributed by atoms with Crippen molar-refractivity contribution >= 4 is 0 Å². The zero-order chi connectivity index (χ0) is 16.4. The van der Waals surface area contributed by atoms with E-state index in [-0.39, 0.29) is 0 Å². The number of hydrogen-bond acceptors (Lipinski definition) is 4. The summed E-state index contributed by atoms with van der Waals surface area (Å²) in [6, 6.07) is 8.61. The highest BCUT2D eigenvalue weighted by Gasteiger charge is 2.18. The van der Waals surface area contributed by atoms with Gasteiger partial charge in [-0.2, -0.15) is 5.10 Å². The Morgan fingerprint density at radius 3 is 2.71 bits per heavy atom. The molecule has 24 heavy (non-hydrogen) atoms. The molecule has 0 atom stereocenters. The van der Waals surface area contributed by atoms with Crippen LogP contribution in [0.25, 0.3) is 11.1 Å². The molecule has 0 amide bonds. The van der Waals surface area contributed by atoms with Crippen molar-refractivity contribution in [2.45, 2.75) is 38.8 Å². The largest absolute Gasteiger partial charge is 0.361 e. The molecule has 0 fully saturated rings. The molecule has 3 aromatic rings. The molecule has 5 heteroatoms. The van der Waals surface area contributed by atoms with E-state index in [0.717, 1.165) is 42.9 Å². The molecule has 0 radical (unpaired) electrons. The van der Waals surface area contributed by atoms with E-state index in [9.17, 15) is 0 Å². The van der Waals surface area contributed by atoms with Crippen LogP contribution < -0.4 is 5.32 Å². The van der Waals surface area contributed by atoms with E-state index in [4.69, 9.17) is 4.52 Å². The zero-order valence-corrected chi connectivity index (χ0v) is 14.0. The van der Waals surface area contributed by atoms with Gasteiger partial charge in [-0.15, -0.1) is 0 Å². The lowest BCUT2D eigenvalue weighted by molar-refractivity contribution is 0.366. The van der Waals surface area contributed by atoms with Crippen LogP contribution >= 0.6 is 0 Å². The lowest BCUT2D eigenvalue weighted by atomic mass is 9.96. The SMILES string of the molecule is Cn1cc(-c2ccc(CNCc3noc4c3CCCC4)cc2)cn1. The number of benzene rings is 1. The fraction of sp³-hybridized carbons (Fsp3) is 0.368. The van der Waals surface area contributed by atoms with Gasteiger partial charge in [0, 0.05) is 43.9 Å². The average molecular weight is 322 g/mol. The Bertz CT molecular complexity index is 816. The Balaban J connectivity index is 1.35. The first-order valence-electron chi connectivity index (χ1n) is 8.54. The first-order chi connectivity index (χ1) is 11.8. The Labute approximate surface area is 141 Å². The topological polar surface area (TPSA) is 55.9 Å². The summed E-state index contributed by atoms with van der Waals surface area (Å²) in [5.41, 5.74) is 6.01. The smallest absolute Gasteiger partial charge is 0.140 e. The van der Waals surface area contributed by atoms with Crippen LogP contribution in [0.3, 0.4) is 0 Å². The Morgan fingerprint density at radius 2 is 1.92 bits per heavy atom. The fourth-order valence-electron chi connectivity index (χ4n) is 3.30. The molecule has 0 aliphatic heterocycles. The minimum absolute atomic E-state index is 0.767. The Kier molecular flexibility index (Phi) is 4.17. The highest BCUT2D eigenvalue weighted by Crippen LogP contribution is 2.24. The van der Waals surface area contributed by atoms with Gasteiger partial charge in [0.15, 0.2) is 0 Å². The molecule has 5 nitrogen and oxygen atoms in total. The van der Waals surface area contributed by atoms with Crippen LogP contribution in [0.5, 0.6) is 0 Å². The second kappa shape index (κ2) is 6.61. The van der Waals surface area contributed by atoms with Crippen LogP contribution in [0.2, 0.25) is 0 Å². The van der Waals surface area contributed by atoms with Gasteiger partial charge in [0.05, 0.1) is 6.20 Å². The standard InChI is InChI=1S/C19H22N4O/c1-23-13-16(11-21-23)15-8-6-14(7-9-15)10-20-12-18-17-4-2-3-5-19(17)24-22-18/h6-9,11,13,20H,2-5,10,12H2,1H3. The minimum Gasteiger partial charge on any atom is -0.361 e. The van der Waals surface area contributed by atoms with Crippen molar-refractivity contribution in [3.63, 3.8) is 0 Å². The van der Waals surface area contributed by atoms with Crippen LogP contribution in [-0.2, 0) is 33.0 Å². The molecule has 2 heterocycles. The molecule has 2 aromatic heterocycles. The summed E-state index contributed by atoms with van der Waals surface area (Å²) in [7, 11) is 1.93. The van der Waals surface area contributed by atoms with Gasteiger partial charge >= 0.3 is 0 Å². The van der Waals surface area contributed by atoms with Gasteiger partial charge in [0.2, 0.25) is 0 Å². The van der Waals surface area contributed by atoms with Crippen molar-refractivity contribution in [1.82, 2.24) is 20.3 Å². The molecule has 124 valence electrons. The summed E-state index contributed by atoms with van der Waals surface area (Å²) in [4.78, 5) is 0. The minimum atomic E-state index is 0.767. The van der Waals surface area contributed by atoms with Gasteiger partial charge in [-0.1, -0.05) is 29.4 Å². The van der Waals surface area contributed by atoms with Gasteiger partial charge in [-0.3, -0.25) is 4.68 Å². The molecule has 0 unspecified atom stereocenters. The number of aromatic nitrogens is 3. The third-order valence-corrected chi connectivity index (χ3v) is 4.65. The maximum Gasteiger partial charge on any atom is 0.140 e. The zero-order valence-electron chi connectivity index (χ0n) is 14.0. The normalized spacial score (nSPS) is 13.9. The van der Waals surface area contributed by atoms with Crippen LogP contribution in [0.1, 0.15) is 35.4 Å². The number of fused-ring (bicyclic) bond motifs is 1. The van der Waals surface area contributed by atoms with E-state index in [0.29, 0.717) is 0 Å². The van der Waals surface area contributed by atoms with Crippen LogP contribution in [-0.4, -0.2) is 14.9 Å². The van der Waals surface area contributed by atoms with E-state index in [2.05, 4.69) is 39.8 Å². The average Bonchev–Trinajstić information content (AvgIpc) is 3.22. The molecule has 1 aliphatic carbocycles. The first kappa shape index (κ1) is 15.1. The predicted octanol–water partition coefficient (Wildman–Crippen LogP) is 3.24. The lowest BCUT2D eigenvalue weighted by Crippen LogP contribution is -2.14. The quantitative estimate of drug-likeness (QED) is 0.783. The molecule has 1 aromatic carbocycles. The van der Waals surface area contributed by atoms with Crippen LogP contribution in [0.15, 0.2) is 41.2 Å². The Morgan fingerprint density at radius 1 is 1.08 bits per heavy atom. The predicted molar refractivity (Wildman–Crippen MR) is 92.3 cm³/mol. The van der Waals surface area contributed by atoms with Gasteiger partial charge in [0.25, 0.3) is 0 Å². The third-order valence-electron chi connectivity index (χ3n) is 4.65. The van der Waals surface area contributed by atoms with Crippen LogP contribution in [0.4, 0.5) is 0 Å². The van der Waals surface area contributed by atoms with E-state index in [1.54, 1.807) is 0 Å². The third kappa shape index (κ3) is 3.12. The highest BCUT2D eigenvalue weighted by atomic mass is 16.5. The van der Waals surface area contributed by atoms with Crippen molar-refractivity contribution in [3.8, 4) is 11.1 Å². The molecule has 4 rings (SSSR count). The van der Waals surface area contributed by atoms with E-state index < -0.39 is 0 Å². The van der Waals surface area contributed by atoms with E-state index in [1.165, 1.54) is 29.5 Å². The number of nitrogens with zero attached hydrogens (tertiary/aromatic N) is 3. The van der Waals surface area contributed by atoms with Gasteiger partial charge in [0.1, 0.15) is 11.5 Å². The maximum atomic E-state index is 5.46. The van der Waals surface area contributed by atoms with Gasteiger partial charge < -0.3 is 9.84 Å². The van der Waals surface area contributed by atoms with E-state index in [1.807, 2.05) is 24.1 Å². The van der Waals surface area contributed by atoms with Crippen LogP contribution in [0, 0.1) is 0 Å². The fourth-order valence-corrected chi connectivity index (χ4v) is 3.30.